The number of sulfonamides is 1. The minimum absolute atomic E-state index is 0.250. The van der Waals surface area contributed by atoms with Crippen LogP contribution >= 0.6 is 0 Å². The molecule has 3 rings (SSSR count). The minimum atomic E-state index is -3.06. The van der Waals surface area contributed by atoms with Gasteiger partial charge in [-0.3, -0.25) is 4.79 Å². The molecular weight excluding hydrogens is 336 g/mol. The lowest BCUT2D eigenvalue weighted by Crippen LogP contribution is -2.40. The van der Waals surface area contributed by atoms with Crippen LogP contribution in [0.4, 0.5) is 0 Å². The molecule has 0 saturated carbocycles. The van der Waals surface area contributed by atoms with Crippen molar-refractivity contribution in [2.24, 2.45) is 11.8 Å². The summed E-state index contributed by atoms with van der Waals surface area (Å²) < 4.78 is 24.8. The highest BCUT2D eigenvalue weighted by Crippen LogP contribution is 2.32. The van der Waals surface area contributed by atoms with Gasteiger partial charge in [0.15, 0.2) is 0 Å². The molecule has 0 aromatic heterocycles. The molecule has 0 spiro atoms. The maximum Gasteiger partial charge on any atom is 0.222 e. The quantitative estimate of drug-likeness (QED) is 0.804. The Bertz CT molecular complexity index is 682. The topological polar surface area (TPSA) is 57.7 Å². The molecule has 1 aromatic rings. The summed E-state index contributed by atoms with van der Waals surface area (Å²) in [5.41, 5.74) is 1.21. The van der Waals surface area contributed by atoms with Gasteiger partial charge in [0.05, 0.1) is 6.26 Å². The van der Waals surface area contributed by atoms with E-state index in [0.717, 1.165) is 38.8 Å². The van der Waals surface area contributed by atoms with Gasteiger partial charge in [0.25, 0.3) is 0 Å². The van der Waals surface area contributed by atoms with Gasteiger partial charge in [-0.05, 0) is 43.1 Å². The van der Waals surface area contributed by atoms with Crippen molar-refractivity contribution >= 4 is 15.9 Å². The molecule has 1 unspecified atom stereocenters. The number of piperidine rings is 1. The SMILES string of the molecule is CS(=O)(=O)N1CCC(C2CCN(C(=O)CCc3ccccc3)C2)CC1. The zero-order valence-corrected chi connectivity index (χ0v) is 15.7. The summed E-state index contributed by atoms with van der Waals surface area (Å²) in [6.45, 7) is 2.95. The average molecular weight is 365 g/mol. The van der Waals surface area contributed by atoms with Crippen LogP contribution in [0.1, 0.15) is 31.2 Å². The first-order valence-electron chi connectivity index (χ1n) is 9.20. The molecule has 2 aliphatic rings. The molecule has 2 fully saturated rings. The van der Waals surface area contributed by atoms with E-state index in [-0.39, 0.29) is 5.91 Å². The molecule has 0 bridgehead atoms. The van der Waals surface area contributed by atoms with Gasteiger partial charge in [-0.2, -0.15) is 0 Å². The fraction of sp³-hybridized carbons (Fsp3) is 0.632. The Hall–Kier alpha value is -1.40. The summed E-state index contributed by atoms with van der Waals surface area (Å²) in [6, 6.07) is 10.1. The number of aryl methyl sites for hydroxylation is 1. The number of hydrogen-bond donors (Lipinski definition) is 0. The Morgan fingerprint density at radius 3 is 2.32 bits per heavy atom. The van der Waals surface area contributed by atoms with Crippen molar-refractivity contribution in [3.8, 4) is 0 Å². The normalized spacial score (nSPS) is 23.1. The van der Waals surface area contributed by atoms with E-state index in [0.29, 0.717) is 31.3 Å². The second kappa shape index (κ2) is 7.87. The van der Waals surface area contributed by atoms with Crippen LogP contribution in [0, 0.1) is 11.8 Å². The lowest BCUT2D eigenvalue weighted by atomic mass is 9.84. The molecule has 6 heteroatoms. The van der Waals surface area contributed by atoms with Crippen molar-refractivity contribution in [1.29, 1.82) is 0 Å². The van der Waals surface area contributed by atoms with Crippen LogP contribution < -0.4 is 0 Å². The molecule has 2 heterocycles. The summed E-state index contributed by atoms with van der Waals surface area (Å²) >= 11 is 0. The number of carbonyl (C=O) groups is 1. The fourth-order valence-corrected chi connectivity index (χ4v) is 5.01. The van der Waals surface area contributed by atoms with E-state index in [1.54, 1.807) is 4.31 Å². The van der Waals surface area contributed by atoms with Crippen LogP contribution in [0.25, 0.3) is 0 Å². The highest BCUT2D eigenvalue weighted by atomic mass is 32.2. The van der Waals surface area contributed by atoms with Crippen molar-refractivity contribution in [3.63, 3.8) is 0 Å². The van der Waals surface area contributed by atoms with Gasteiger partial charge in [-0.15, -0.1) is 0 Å². The van der Waals surface area contributed by atoms with E-state index in [2.05, 4.69) is 12.1 Å². The largest absolute Gasteiger partial charge is 0.342 e. The first-order chi connectivity index (χ1) is 11.9. The highest BCUT2D eigenvalue weighted by molar-refractivity contribution is 7.88. The van der Waals surface area contributed by atoms with Crippen LogP contribution in [-0.2, 0) is 21.2 Å². The lowest BCUT2D eigenvalue weighted by molar-refractivity contribution is -0.130. The molecule has 5 nitrogen and oxygen atoms in total. The first kappa shape index (κ1) is 18.4. The fourth-order valence-electron chi connectivity index (χ4n) is 4.13. The van der Waals surface area contributed by atoms with Crippen molar-refractivity contribution in [2.75, 3.05) is 32.4 Å². The molecule has 25 heavy (non-hydrogen) atoms. The third kappa shape index (κ3) is 4.82. The molecule has 2 saturated heterocycles. The summed E-state index contributed by atoms with van der Waals surface area (Å²) in [5, 5.41) is 0. The van der Waals surface area contributed by atoms with E-state index in [9.17, 15) is 13.2 Å². The van der Waals surface area contributed by atoms with Gasteiger partial charge in [-0.25, -0.2) is 12.7 Å². The Morgan fingerprint density at radius 1 is 1.04 bits per heavy atom. The molecule has 0 aliphatic carbocycles. The summed E-state index contributed by atoms with van der Waals surface area (Å²) in [4.78, 5) is 14.5. The Labute approximate surface area is 151 Å². The van der Waals surface area contributed by atoms with E-state index >= 15 is 0 Å². The third-order valence-electron chi connectivity index (χ3n) is 5.68. The number of hydrogen-bond acceptors (Lipinski definition) is 3. The molecule has 1 atom stereocenters. The van der Waals surface area contributed by atoms with Crippen LogP contribution in [0.2, 0.25) is 0 Å². The zero-order valence-electron chi connectivity index (χ0n) is 14.9. The molecule has 138 valence electrons. The van der Waals surface area contributed by atoms with E-state index < -0.39 is 10.0 Å². The molecular formula is C19H28N2O3S. The van der Waals surface area contributed by atoms with Crippen LogP contribution in [0.15, 0.2) is 30.3 Å². The zero-order chi connectivity index (χ0) is 17.9. The van der Waals surface area contributed by atoms with Crippen LogP contribution in [-0.4, -0.2) is 56.0 Å². The van der Waals surface area contributed by atoms with Crippen molar-refractivity contribution in [3.05, 3.63) is 35.9 Å². The van der Waals surface area contributed by atoms with Crippen LogP contribution in [0.5, 0.6) is 0 Å². The maximum atomic E-state index is 12.5. The lowest BCUT2D eigenvalue weighted by Gasteiger charge is -2.33. The van der Waals surface area contributed by atoms with Crippen molar-refractivity contribution in [1.82, 2.24) is 9.21 Å². The number of benzene rings is 1. The van der Waals surface area contributed by atoms with Gasteiger partial charge in [0.1, 0.15) is 0 Å². The Morgan fingerprint density at radius 2 is 1.68 bits per heavy atom. The minimum Gasteiger partial charge on any atom is -0.342 e. The smallest absolute Gasteiger partial charge is 0.222 e. The second-order valence-corrected chi connectivity index (χ2v) is 9.36. The maximum absolute atomic E-state index is 12.5. The standard InChI is InChI=1S/C19H28N2O3S/c1-25(23,24)21-13-10-17(11-14-21)18-9-12-20(15-18)19(22)8-7-16-5-3-2-4-6-16/h2-6,17-18H,7-15H2,1H3. The third-order valence-corrected chi connectivity index (χ3v) is 6.99. The van der Waals surface area contributed by atoms with Crippen molar-refractivity contribution in [2.45, 2.75) is 32.1 Å². The number of likely N-dealkylation sites (tertiary alicyclic amines) is 1. The monoisotopic (exact) mass is 364 g/mol. The summed E-state index contributed by atoms with van der Waals surface area (Å²) in [6.07, 6.45) is 5.56. The van der Waals surface area contributed by atoms with Crippen molar-refractivity contribution < 1.29 is 13.2 Å². The molecule has 2 aliphatic heterocycles. The molecule has 0 radical (unpaired) electrons. The van der Waals surface area contributed by atoms with E-state index in [1.165, 1.54) is 11.8 Å². The summed E-state index contributed by atoms with van der Waals surface area (Å²) in [7, 11) is -3.06. The number of carbonyl (C=O) groups excluding carboxylic acids is 1. The number of amides is 1. The van der Waals surface area contributed by atoms with Crippen LogP contribution in [0.3, 0.4) is 0 Å². The molecule has 1 aromatic carbocycles. The van der Waals surface area contributed by atoms with Gasteiger partial charge in [-0.1, -0.05) is 30.3 Å². The second-order valence-electron chi connectivity index (χ2n) is 7.37. The average Bonchev–Trinajstić information content (AvgIpc) is 3.10. The van der Waals surface area contributed by atoms with Gasteiger partial charge < -0.3 is 4.90 Å². The van der Waals surface area contributed by atoms with Gasteiger partial charge in [0, 0.05) is 32.6 Å². The highest BCUT2D eigenvalue weighted by Gasteiger charge is 2.34. The summed E-state index contributed by atoms with van der Waals surface area (Å²) in [5.74, 6) is 1.33. The predicted octanol–water partition coefficient (Wildman–Crippen LogP) is 2.14. The molecule has 1 amide bonds. The Kier molecular flexibility index (Phi) is 5.79. The van der Waals surface area contributed by atoms with Gasteiger partial charge >= 0.3 is 0 Å². The van der Waals surface area contributed by atoms with E-state index in [4.69, 9.17) is 0 Å². The number of rotatable bonds is 5. The van der Waals surface area contributed by atoms with Gasteiger partial charge in [0.2, 0.25) is 15.9 Å². The Balaban J connectivity index is 1.45. The first-order valence-corrected chi connectivity index (χ1v) is 11.0. The molecule has 0 N–H and O–H groups in total. The predicted molar refractivity (Wildman–Crippen MR) is 98.6 cm³/mol. The number of nitrogens with zero attached hydrogens (tertiary/aromatic N) is 2. The van der Waals surface area contributed by atoms with E-state index in [1.807, 2.05) is 23.1 Å².